The minimum atomic E-state index is -0.668. The van der Waals surface area contributed by atoms with E-state index in [1.54, 1.807) is 12.1 Å². The van der Waals surface area contributed by atoms with E-state index in [0.717, 1.165) is 36.8 Å². The van der Waals surface area contributed by atoms with Crippen molar-refractivity contribution in [3.05, 3.63) is 59.2 Å². The third kappa shape index (κ3) is 2.24. The molecular formula is C17H16F2O2. The van der Waals surface area contributed by atoms with Gasteiger partial charge in [-0.2, -0.15) is 0 Å². The average molecular weight is 290 g/mol. The summed E-state index contributed by atoms with van der Waals surface area (Å²) in [6.45, 7) is 0. The van der Waals surface area contributed by atoms with Crippen molar-refractivity contribution in [2.24, 2.45) is 0 Å². The molecule has 0 heterocycles. The second-order valence-corrected chi connectivity index (χ2v) is 5.62. The quantitative estimate of drug-likeness (QED) is 0.868. The Balaban J connectivity index is 2.15. The number of halogens is 2. The summed E-state index contributed by atoms with van der Waals surface area (Å²) in [7, 11) is 0. The van der Waals surface area contributed by atoms with Crippen LogP contribution in [0.15, 0.2) is 36.4 Å². The van der Waals surface area contributed by atoms with E-state index < -0.39 is 17.0 Å². The van der Waals surface area contributed by atoms with Gasteiger partial charge in [0, 0.05) is 5.41 Å². The maximum absolute atomic E-state index is 13.7. The van der Waals surface area contributed by atoms with Crippen LogP contribution in [0.2, 0.25) is 0 Å². The highest BCUT2D eigenvalue weighted by Crippen LogP contribution is 2.47. The van der Waals surface area contributed by atoms with Crippen LogP contribution in [0.3, 0.4) is 0 Å². The second kappa shape index (κ2) is 5.02. The van der Waals surface area contributed by atoms with Crippen molar-refractivity contribution < 1.29 is 19.0 Å². The third-order valence-corrected chi connectivity index (χ3v) is 4.46. The van der Waals surface area contributed by atoms with Gasteiger partial charge in [-0.15, -0.1) is 0 Å². The molecule has 0 bridgehead atoms. The minimum Gasteiger partial charge on any atom is -0.505 e. The van der Waals surface area contributed by atoms with E-state index in [0.29, 0.717) is 0 Å². The molecule has 1 aliphatic rings. The van der Waals surface area contributed by atoms with Crippen LogP contribution >= 0.6 is 0 Å². The molecule has 2 nitrogen and oxygen atoms in total. The van der Waals surface area contributed by atoms with E-state index in [1.807, 2.05) is 0 Å². The van der Waals surface area contributed by atoms with E-state index in [4.69, 9.17) is 0 Å². The van der Waals surface area contributed by atoms with Crippen LogP contribution in [0.5, 0.6) is 11.5 Å². The van der Waals surface area contributed by atoms with Crippen molar-refractivity contribution in [1.82, 2.24) is 0 Å². The van der Waals surface area contributed by atoms with Gasteiger partial charge < -0.3 is 10.2 Å². The van der Waals surface area contributed by atoms with Crippen LogP contribution in [0.1, 0.15) is 36.8 Å². The summed E-state index contributed by atoms with van der Waals surface area (Å²) in [6, 6.07) is 8.70. The maximum Gasteiger partial charge on any atom is 0.165 e. The Kier molecular flexibility index (Phi) is 3.32. The summed E-state index contributed by atoms with van der Waals surface area (Å²) >= 11 is 0. The van der Waals surface area contributed by atoms with Gasteiger partial charge >= 0.3 is 0 Å². The fraction of sp³-hybridized carbons (Fsp3) is 0.294. The highest BCUT2D eigenvalue weighted by atomic mass is 19.1. The zero-order valence-corrected chi connectivity index (χ0v) is 11.4. The average Bonchev–Trinajstić information content (AvgIpc) is 2.95. The lowest BCUT2D eigenvalue weighted by atomic mass is 9.73. The smallest absolute Gasteiger partial charge is 0.165 e. The molecule has 0 unspecified atom stereocenters. The fourth-order valence-electron chi connectivity index (χ4n) is 3.33. The van der Waals surface area contributed by atoms with Crippen molar-refractivity contribution in [3.8, 4) is 11.5 Å². The highest BCUT2D eigenvalue weighted by molar-refractivity contribution is 5.44. The van der Waals surface area contributed by atoms with E-state index >= 15 is 0 Å². The Morgan fingerprint density at radius 2 is 1.19 bits per heavy atom. The largest absolute Gasteiger partial charge is 0.505 e. The van der Waals surface area contributed by atoms with Gasteiger partial charge in [0.15, 0.2) is 23.1 Å². The number of aromatic hydroxyl groups is 2. The lowest BCUT2D eigenvalue weighted by molar-refractivity contribution is 0.425. The first kappa shape index (κ1) is 13.9. The zero-order chi connectivity index (χ0) is 15.0. The molecule has 1 saturated carbocycles. The summed E-state index contributed by atoms with van der Waals surface area (Å²) in [5, 5.41) is 18.7. The van der Waals surface area contributed by atoms with E-state index in [2.05, 4.69) is 0 Å². The lowest BCUT2D eigenvalue weighted by Gasteiger charge is -2.30. The molecule has 0 amide bonds. The lowest BCUT2D eigenvalue weighted by Crippen LogP contribution is -2.24. The molecule has 0 radical (unpaired) electrons. The van der Waals surface area contributed by atoms with Crippen molar-refractivity contribution in [3.63, 3.8) is 0 Å². The molecule has 0 atom stereocenters. The number of phenolic OH excluding ortho intramolecular Hbond substituents is 2. The third-order valence-electron chi connectivity index (χ3n) is 4.46. The van der Waals surface area contributed by atoms with Crippen LogP contribution in [0, 0.1) is 11.6 Å². The van der Waals surface area contributed by atoms with Crippen LogP contribution in [-0.4, -0.2) is 10.2 Å². The molecule has 0 saturated heterocycles. The zero-order valence-electron chi connectivity index (χ0n) is 11.4. The van der Waals surface area contributed by atoms with Gasteiger partial charge in [0.05, 0.1) is 0 Å². The van der Waals surface area contributed by atoms with Gasteiger partial charge in [-0.05, 0) is 48.2 Å². The van der Waals surface area contributed by atoms with Gasteiger partial charge in [0.1, 0.15) is 0 Å². The first-order chi connectivity index (χ1) is 10.0. The summed E-state index contributed by atoms with van der Waals surface area (Å²) in [4.78, 5) is 0. The summed E-state index contributed by atoms with van der Waals surface area (Å²) in [5.74, 6) is -2.11. The van der Waals surface area contributed by atoms with Gasteiger partial charge in [-0.25, -0.2) is 8.78 Å². The highest BCUT2D eigenvalue weighted by Gasteiger charge is 2.38. The fourth-order valence-corrected chi connectivity index (χ4v) is 3.33. The molecule has 0 aromatic heterocycles. The molecule has 2 aromatic carbocycles. The predicted octanol–water partition coefficient (Wildman–Crippen LogP) is 4.24. The van der Waals surface area contributed by atoms with Crippen LogP contribution in [0.25, 0.3) is 0 Å². The van der Waals surface area contributed by atoms with Crippen LogP contribution < -0.4 is 0 Å². The number of benzene rings is 2. The predicted molar refractivity (Wildman–Crippen MR) is 75.4 cm³/mol. The normalized spacial score (nSPS) is 17.0. The van der Waals surface area contributed by atoms with E-state index in [1.165, 1.54) is 24.3 Å². The first-order valence-electron chi connectivity index (χ1n) is 7.01. The molecule has 1 fully saturated rings. The van der Waals surface area contributed by atoms with Crippen LogP contribution in [0.4, 0.5) is 8.78 Å². The first-order valence-corrected chi connectivity index (χ1v) is 7.01. The number of phenols is 2. The molecule has 110 valence electrons. The maximum atomic E-state index is 13.7. The molecular weight excluding hydrogens is 274 g/mol. The number of hydrogen-bond donors (Lipinski definition) is 2. The Bertz CT molecular complexity index is 623. The standard InChI is InChI=1S/C17H16F2O2/c18-13-9-11(3-5-15(13)20)17(7-1-2-8-17)12-4-6-16(21)14(19)10-12/h3-6,9-10,20-21H,1-2,7-8H2. The number of hydrogen-bond acceptors (Lipinski definition) is 2. The summed E-state index contributed by atoms with van der Waals surface area (Å²) < 4.78 is 27.4. The van der Waals surface area contributed by atoms with Crippen LogP contribution in [-0.2, 0) is 5.41 Å². The summed E-state index contributed by atoms with van der Waals surface area (Å²) in [5.41, 5.74) is 1.02. The van der Waals surface area contributed by atoms with Gasteiger partial charge in [0.2, 0.25) is 0 Å². The Morgan fingerprint density at radius 1 is 0.762 bits per heavy atom. The molecule has 0 aliphatic heterocycles. The Labute approximate surface area is 121 Å². The molecule has 1 aliphatic carbocycles. The molecule has 21 heavy (non-hydrogen) atoms. The van der Waals surface area contributed by atoms with E-state index in [-0.39, 0.29) is 11.5 Å². The van der Waals surface area contributed by atoms with Gasteiger partial charge in [0.25, 0.3) is 0 Å². The Hall–Kier alpha value is -2.10. The van der Waals surface area contributed by atoms with Crippen molar-refractivity contribution in [2.45, 2.75) is 31.1 Å². The second-order valence-electron chi connectivity index (χ2n) is 5.62. The summed E-state index contributed by atoms with van der Waals surface area (Å²) in [6.07, 6.45) is 3.54. The van der Waals surface area contributed by atoms with Crippen molar-refractivity contribution >= 4 is 0 Å². The van der Waals surface area contributed by atoms with Gasteiger partial charge in [-0.1, -0.05) is 25.0 Å². The molecule has 4 heteroatoms. The minimum absolute atomic E-state index is 0.385. The van der Waals surface area contributed by atoms with E-state index in [9.17, 15) is 19.0 Å². The molecule has 3 rings (SSSR count). The topological polar surface area (TPSA) is 40.5 Å². The monoisotopic (exact) mass is 290 g/mol. The van der Waals surface area contributed by atoms with Crippen molar-refractivity contribution in [2.75, 3.05) is 0 Å². The number of rotatable bonds is 2. The van der Waals surface area contributed by atoms with Gasteiger partial charge in [-0.3, -0.25) is 0 Å². The molecule has 2 N–H and O–H groups in total. The molecule has 2 aromatic rings. The molecule has 0 spiro atoms. The Morgan fingerprint density at radius 3 is 1.57 bits per heavy atom. The SMILES string of the molecule is Oc1ccc(C2(c3ccc(O)c(F)c3)CCCC2)cc1F. The van der Waals surface area contributed by atoms with Crippen molar-refractivity contribution in [1.29, 1.82) is 0 Å².